The normalized spacial score (nSPS) is 12.6. The van der Waals surface area contributed by atoms with Crippen molar-refractivity contribution in [3.8, 4) is 17.2 Å². The quantitative estimate of drug-likeness (QED) is 0.274. The summed E-state index contributed by atoms with van der Waals surface area (Å²) in [6.07, 6.45) is 0.441. The summed E-state index contributed by atoms with van der Waals surface area (Å²) in [5.74, 6) is 2.74. The van der Waals surface area contributed by atoms with Gasteiger partial charge >= 0.3 is 0 Å². The lowest BCUT2D eigenvalue weighted by molar-refractivity contribution is -0.133. The minimum Gasteiger partial charge on any atom is -0.497 e. The molecule has 0 spiro atoms. The van der Waals surface area contributed by atoms with Gasteiger partial charge < -0.3 is 28.3 Å². The SMILES string of the molecule is CCOCCCN(CC(=O)N(Cc1ccc2c(c1)OCO2)Cc1ccc(C)o1)S(=O)(=O)c1ccc(OC)cc1. The molecule has 2 heterocycles. The van der Waals surface area contributed by atoms with E-state index in [0.717, 1.165) is 11.3 Å². The van der Waals surface area contributed by atoms with Crippen molar-refractivity contribution in [2.45, 2.75) is 38.3 Å². The molecule has 0 saturated heterocycles. The number of fused-ring (bicyclic) bond motifs is 1. The minimum atomic E-state index is -3.98. The molecule has 0 aliphatic carbocycles. The molecule has 39 heavy (non-hydrogen) atoms. The van der Waals surface area contributed by atoms with E-state index in [1.807, 2.05) is 38.1 Å². The number of methoxy groups -OCH3 is 1. The van der Waals surface area contributed by atoms with Gasteiger partial charge in [-0.3, -0.25) is 4.79 Å². The maximum atomic E-state index is 13.7. The zero-order chi connectivity index (χ0) is 27.8. The number of rotatable bonds is 14. The molecule has 0 bridgehead atoms. The van der Waals surface area contributed by atoms with E-state index in [4.69, 9.17) is 23.4 Å². The van der Waals surface area contributed by atoms with Crippen LogP contribution in [0.1, 0.15) is 30.4 Å². The highest BCUT2D eigenvalue weighted by atomic mass is 32.2. The summed E-state index contributed by atoms with van der Waals surface area (Å²) in [4.78, 5) is 15.4. The number of hydrogen-bond donors (Lipinski definition) is 0. The van der Waals surface area contributed by atoms with Gasteiger partial charge in [-0.05, 0) is 74.4 Å². The van der Waals surface area contributed by atoms with Crippen LogP contribution >= 0.6 is 0 Å². The highest BCUT2D eigenvalue weighted by Gasteiger charge is 2.29. The zero-order valence-corrected chi connectivity index (χ0v) is 23.2. The second-order valence-corrected chi connectivity index (χ2v) is 11.0. The Morgan fingerprint density at radius 3 is 2.46 bits per heavy atom. The molecule has 1 aliphatic rings. The van der Waals surface area contributed by atoms with Gasteiger partial charge in [-0.2, -0.15) is 4.31 Å². The van der Waals surface area contributed by atoms with Crippen LogP contribution in [0.4, 0.5) is 0 Å². The van der Waals surface area contributed by atoms with Crippen LogP contribution in [0.3, 0.4) is 0 Å². The first kappa shape index (κ1) is 28.5. The van der Waals surface area contributed by atoms with Gasteiger partial charge in [-0.1, -0.05) is 6.07 Å². The summed E-state index contributed by atoms with van der Waals surface area (Å²) in [6, 6.07) is 15.2. The molecule has 0 saturated carbocycles. The number of carbonyl (C=O) groups excluding carboxylic acids is 1. The summed E-state index contributed by atoms with van der Waals surface area (Å²) >= 11 is 0. The fraction of sp³-hybridized carbons (Fsp3) is 0.393. The molecule has 0 fully saturated rings. The largest absolute Gasteiger partial charge is 0.497 e. The van der Waals surface area contributed by atoms with Crippen molar-refractivity contribution in [3.63, 3.8) is 0 Å². The van der Waals surface area contributed by atoms with E-state index < -0.39 is 10.0 Å². The van der Waals surface area contributed by atoms with Crippen LogP contribution in [0.25, 0.3) is 0 Å². The highest BCUT2D eigenvalue weighted by molar-refractivity contribution is 7.89. The molecule has 0 atom stereocenters. The summed E-state index contributed by atoms with van der Waals surface area (Å²) in [7, 11) is -2.47. The Bertz CT molecular complexity index is 1350. The number of amides is 1. The van der Waals surface area contributed by atoms with Crippen molar-refractivity contribution >= 4 is 15.9 Å². The third kappa shape index (κ3) is 7.31. The van der Waals surface area contributed by atoms with Crippen LogP contribution in [0.2, 0.25) is 0 Å². The third-order valence-corrected chi connectivity index (χ3v) is 8.07. The lowest BCUT2D eigenvalue weighted by Crippen LogP contribution is -2.43. The Labute approximate surface area is 229 Å². The van der Waals surface area contributed by atoms with Crippen LogP contribution in [-0.2, 0) is 32.6 Å². The third-order valence-electron chi connectivity index (χ3n) is 6.21. The first-order valence-corrected chi connectivity index (χ1v) is 14.2. The molecule has 10 nitrogen and oxygen atoms in total. The second-order valence-electron chi connectivity index (χ2n) is 9.01. The molecule has 2 aromatic carbocycles. The van der Waals surface area contributed by atoms with Gasteiger partial charge in [0.15, 0.2) is 11.5 Å². The zero-order valence-electron chi connectivity index (χ0n) is 22.4. The van der Waals surface area contributed by atoms with Gasteiger partial charge in [-0.25, -0.2) is 8.42 Å². The van der Waals surface area contributed by atoms with Gasteiger partial charge in [0, 0.05) is 26.3 Å². The number of furan rings is 1. The maximum Gasteiger partial charge on any atom is 0.243 e. The fourth-order valence-electron chi connectivity index (χ4n) is 4.17. The number of nitrogens with zero attached hydrogens (tertiary/aromatic N) is 2. The predicted molar refractivity (Wildman–Crippen MR) is 143 cm³/mol. The average molecular weight is 559 g/mol. The second kappa shape index (κ2) is 13.0. The molecule has 210 valence electrons. The van der Waals surface area contributed by atoms with E-state index in [1.54, 1.807) is 23.1 Å². The molecule has 0 radical (unpaired) electrons. The topological polar surface area (TPSA) is 108 Å². The lowest BCUT2D eigenvalue weighted by atomic mass is 10.2. The van der Waals surface area contributed by atoms with E-state index in [9.17, 15) is 13.2 Å². The summed E-state index contributed by atoms with van der Waals surface area (Å²) in [5, 5.41) is 0. The van der Waals surface area contributed by atoms with E-state index in [2.05, 4.69) is 0 Å². The van der Waals surface area contributed by atoms with Crippen molar-refractivity contribution in [1.29, 1.82) is 0 Å². The van der Waals surface area contributed by atoms with Gasteiger partial charge in [0.25, 0.3) is 0 Å². The van der Waals surface area contributed by atoms with E-state index in [1.165, 1.54) is 23.5 Å². The van der Waals surface area contributed by atoms with E-state index in [-0.39, 0.29) is 43.8 Å². The first-order valence-electron chi connectivity index (χ1n) is 12.7. The van der Waals surface area contributed by atoms with Gasteiger partial charge in [0.05, 0.1) is 25.1 Å². The maximum absolute atomic E-state index is 13.7. The van der Waals surface area contributed by atoms with Gasteiger partial charge in [0.1, 0.15) is 17.3 Å². The standard InChI is InChI=1S/C28H34N2O8S/c1-4-35-15-5-14-30(39(32,33)25-11-9-23(34-3)10-12-25)19-28(31)29(18-24-8-6-21(2)38-24)17-22-7-13-26-27(16-22)37-20-36-26/h6-13,16H,4-5,14-15,17-20H2,1-3H3. The molecule has 1 aromatic heterocycles. The molecule has 4 rings (SSSR count). The number of carbonyl (C=O) groups is 1. The number of benzene rings is 2. The van der Waals surface area contributed by atoms with Crippen molar-refractivity contribution in [2.24, 2.45) is 0 Å². The lowest BCUT2D eigenvalue weighted by Gasteiger charge is -2.27. The summed E-state index contributed by atoms with van der Waals surface area (Å²) in [6.45, 7) is 4.94. The van der Waals surface area contributed by atoms with Crippen molar-refractivity contribution in [2.75, 3.05) is 40.2 Å². The first-order chi connectivity index (χ1) is 18.8. The molecular formula is C28H34N2O8S. The highest BCUT2D eigenvalue weighted by Crippen LogP contribution is 2.33. The smallest absolute Gasteiger partial charge is 0.243 e. The number of sulfonamides is 1. The van der Waals surface area contributed by atoms with Crippen LogP contribution in [-0.4, -0.2) is 63.7 Å². The minimum absolute atomic E-state index is 0.0801. The predicted octanol–water partition coefficient (Wildman–Crippen LogP) is 3.97. The fourth-order valence-corrected chi connectivity index (χ4v) is 5.60. The molecular weight excluding hydrogens is 524 g/mol. The Morgan fingerprint density at radius 1 is 1.00 bits per heavy atom. The molecule has 0 unspecified atom stereocenters. The molecule has 1 aliphatic heterocycles. The molecule has 11 heteroatoms. The Balaban J connectivity index is 1.58. The number of hydrogen-bond acceptors (Lipinski definition) is 8. The monoisotopic (exact) mass is 558 g/mol. The summed E-state index contributed by atoms with van der Waals surface area (Å²) < 4.78 is 55.7. The number of ether oxygens (including phenoxy) is 4. The molecule has 0 N–H and O–H groups in total. The Hall–Kier alpha value is -3.54. The number of aryl methyl sites for hydroxylation is 1. The average Bonchev–Trinajstić information content (AvgIpc) is 3.58. The van der Waals surface area contributed by atoms with Crippen LogP contribution < -0.4 is 14.2 Å². The van der Waals surface area contributed by atoms with Crippen LogP contribution in [0, 0.1) is 6.92 Å². The Kier molecular flexibility index (Phi) is 9.50. The van der Waals surface area contributed by atoms with E-state index in [0.29, 0.717) is 42.6 Å². The van der Waals surface area contributed by atoms with Gasteiger partial charge in [0.2, 0.25) is 22.7 Å². The van der Waals surface area contributed by atoms with Crippen molar-refractivity contribution in [3.05, 3.63) is 71.7 Å². The van der Waals surface area contributed by atoms with Gasteiger partial charge in [-0.15, -0.1) is 0 Å². The van der Waals surface area contributed by atoms with Crippen LogP contribution in [0.5, 0.6) is 17.2 Å². The van der Waals surface area contributed by atoms with E-state index >= 15 is 0 Å². The molecule has 1 amide bonds. The van der Waals surface area contributed by atoms with Crippen LogP contribution in [0.15, 0.2) is 63.9 Å². The molecule has 3 aromatic rings. The Morgan fingerprint density at radius 2 is 1.77 bits per heavy atom. The van der Waals surface area contributed by atoms with Crippen molar-refractivity contribution in [1.82, 2.24) is 9.21 Å². The summed E-state index contributed by atoms with van der Waals surface area (Å²) in [5.41, 5.74) is 0.816. The van der Waals surface area contributed by atoms with Crippen molar-refractivity contribution < 1.29 is 36.6 Å².